The van der Waals surface area contributed by atoms with Crippen molar-refractivity contribution < 1.29 is 14.3 Å². The molecular weight excluding hydrogens is 277 g/mol. The molecule has 0 unspecified atom stereocenters. The van der Waals surface area contributed by atoms with Crippen molar-refractivity contribution in [2.24, 2.45) is 0 Å². The molecule has 2 rings (SSSR count). The van der Waals surface area contributed by atoms with Gasteiger partial charge >= 0.3 is 5.97 Å². The van der Waals surface area contributed by atoms with Crippen LogP contribution in [0.2, 0.25) is 10.0 Å². The molecule has 18 heavy (non-hydrogen) atoms. The second-order valence-electron chi connectivity index (χ2n) is 3.45. The number of carbonyl (C=O) groups excluding carboxylic acids is 1. The number of fused-ring (bicyclic) bond motifs is 1. The van der Waals surface area contributed by atoms with Gasteiger partial charge in [-0.2, -0.15) is 0 Å². The molecule has 0 spiro atoms. The van der Waals surface area contributed by atoms with Gasteiger partial charge in [0.25, 0.3) is 0 Å². The number of pyridine rings is 1. The number of esters is 1. The standard InChI is InChI=1S/C12H9Cl2NO3/c1-17-9-4-3-6(13)11-10(9)7(14)5-8(15-11)12(16)18-2/h3-5H,1-2H3. The van der Waals surface area contributed by atoms with Gasteiger partial charge < -0.3 is 9.47 Å². The average molecular weight is 286 g/mol. The van der Waals surface area contributed by atoms with Gasteiger partial charge in [0, 0.05) is 0 Å². The Morgan fingerprint density at radius 2 is 1.94 bits per heavy atom. The lowest BCUT2D eigenvalue weighted by atomic mass is 10.2. The highest BCUT2D eigenvalue weighted by Crippen LogP contribution is 2.35. The molecule has 1 aromatic carbocycles. The number of aromatic nitrogens is 1. The highest BCUT2D eigenvalue weighted by atomic mass is 35.5. The number of ether oxygens (including phenoxy) is 2. The maximum Gasteiger partial charge on any atom is 0.356 e. The first kappa shape index (κ1) is 12.9. The second kappa shape index (κ2) is 5.00. The Morgan fingerprint density at radius 1 is 1.22 bits per heavy atom. The fourth-order valence-corrected chi connectivity index (χ4v) is 2.10. The average Bonchev–Trinajstić information content (AvgIpc) is 2.38. The van der Waals surface area contributed by atoms with Crippen molar-refractivity contribution in [1.29, 1.82) is 0 Å². The smallest absolute Gasteiger partial charge is 0.356 e. The largest absolute Gasteiger partial charge is 0.496 e. The predicted octanol–water partition coefficient (Wildman–Crippen LogP) is 3.34. The summed E-state index contributed by atoms with van der Waals surface area (Å²) in [6.45, 7) is 0. The number of hydrogen-bond donors (Lipinski definition) is 0. The van der Waals surface area contributed by atoms with Crippen molar-refractivity contribution >= 4 is 40.1 Å². The van der Waals surface area contributed by atoms with Crippen LogP contribution in [0.25, 0.3) is 10.9 Å². The normalized spacial score (nSPS) is 10.4. The summed E-state index contributed by atoms with van der Waals surface area (Å²) >= 11 is 12.2. The van der Waals surface area contributed by atoms with E-state index < -0.39 is 5.97 Å². The summed E-state index contributed by atoms with van der Waals surface area (Å²) < 4.78 is 9.79. The predicted molar refractivity (Wildman–Crippen MR) is 69.7 cm³/mol. The number of hydrogen-bond acceptors (Lipinski definition) is 4. The minimum atomic E-state index is -0.572. The zero-order chi connectivity index (χ0) is 13.3. The number of halogens is 2. The quantitative estimate of drug-likeness (QED) is 0.794. The first-order chi connectivity index (χ1) is 8.58. The lowest BCUT2D eigenvalue weighted by molar-refractivity contribution is 0.0594. The molecule has 4 nitrogen and oxygen atoms in total. The van der Waals surface area contributed by atoms with E-state index in [2.05, 4.69) is 9.72 Å². The molecule has 6 heteroatoms. The van der Waals surface area contributed by atoms with Crippen molar-refractivity contribution in [3.8, 4) is 5.75 Å². The molecule has 0 radical (unpaired) electrons. The lowest BCUT2D eigenvalue weighted by Crippen LogP contribution is -2.04. The molecule has 0 amide bonds. The molecule has 0 bridgehead atoms. The van der Waals surface area contributed by atoms with Crippen molar-refractivity contribution in [2.45, 2.75) is 0 Å². The van der Waals surface area contributed by atoms with E-state index in [0.717, 1.165) is 0 Å². The molecule has 0 aliphatic heterocycles. The van der Waals surface area contributed by atoms with Crippen LogP contribution >= 0.6 is 23.2 Å². The van der Waals surface area contributed by atoms with Crippen LogP contribution < -0.4 is 4.74 Å². The van der Waals surface area contributed by atoms with E-state index in [1.807, 2.05) is 0 Å². The zero-order valence-electron chi connectivity index (χ0n) is 9.66. The summed E-state index contributed by atoms with van der Waals surface area (Å²) in [6.07, 6.45) is 0. The molecule has 0 fully saturated rings. The highest BCUT2D eigenvalue weighted by molar-refractivity contribution is 6.40. The molecule has 0 saturated heterocycles. The van der Waals surface area contributed by atoms with Gasteiger partial charge in [-0.15, -0.1) is 0 Å². The van der Waals surface area contributed by atoms with Crippen LogP contribution in [-0.4, -0.2) is 25.2 Å². The van der Waals surface area contributed by atoms with E-state index in [9.17, 15) is 4.79 Å². The van der Waals surface area contributed by atoms with Crippen LogP contribution in [-0.2, 0) is 4.74 Å². The highest BCUT2D eigenvalue weighted by Gasteiger charge is 2.16. The first-order valence-electron chi connectivity index (χ1n) is 4.99. The van der Waals surface area contributed by atoms with E-state index in [1.165, 1.54) is 20.3 Å². The topological polar surface area (TPSA) is 48.4 Å². The molecule has 94 valence electrons. The molecule has 0 aliphatic carbocycles. The van der Waals surface area contributed by atoms with E-state index in [0.29, 0.717) is 26.7 Å². The Balaban J connectivity index is 2.80. The second-order valence-corrected chi connectivity index (χ2v) is 4.27. The third-order valence-electron chi connectivity index (χ3n) is 2.44. The Morgan fingerprint density at radius 3 is 2.56 bits per heavy atom. The summed E-state index contributed by atoms with van der Waals surface area (Å²) in [4.78, 5) is 15.6. The van der Waals surface area contributed by atoms with Gasteiger partial charge in [0.15, 0.2) is 5.69 Å². The van der Waals surface area contributed by atoms with Gasteiger partial charge in [0.05, 0.1) is 35.2 Å². The van der Waals surface area contributed by atoms with Crippen molar-refractivity contribution in [2.75, 3.05) is 14.2 Å². The third-order valence-corrected chi connectivity index (χ3v) is 3.04. The summed E-state index contributed by atoms with van der Waals surface area (Å²) in [5.41, 5.74) is 0.508. The maximum absolute atomic E-state index is 11.5. The van der Waals surface area contributed by atoms with E-state index in [1.54, 1.807) is 12.1 Å². The van der Waals surface area contributed by atoms with Gasteiger partial charge in [-0.3, -0.25) is 0 Å². The summed E-state index contributed by atoms with van der Waals surface area (Å²) in [7, 11) is 2.79. The minimum absolute atomic E-state index is 0.102. The Hall–Kier alpha value is -1.52. The molecule has 0 aliphatic rings. The van der Waals surface area contributed by atoms with Crippen LogP contribution in [0, 0.1) is 0 Å². The Bertz CT molecular complexity index is 628. The lowest BCUT2D eigenvalue weighted by Gasteiger charge is -2.09. The Labute approximate surface area is 113 Å². The van der Waals surface area contributed by atoms with Crippen LogP contribution in [0.5, 0.6) is 5.75 Å². The molecular formula is C12H9Cl2NO3. The molecule has 0 N–H and O–H groups in total. The number of nitrogens with zero attached hydrogens (tertiary/aromatic N) is 1. The fraction of sp³-hybridized carbons (Fsp3) is 0.167. The van der Waals surface area contributed by atoms with Gasteiger partial charge in [0.2, 0.25) is 0 Å². The SMILES string of the molecule is COC(=O)c1cc(Cl)c2c(OC)ccc(Cl)c2n1. The van der Waals surface area contributed by atoms with Crippen LogP contribution in [0.1, 0.15) is 10.5 Å². The number of carbonyl (C=O) groups is 1. The van der Waals surface area contributed by atoms with Gasteiger partial charge in [-0.25, -0.2) is 9.78 Å². The molecule has 0 saturated carbocycles. The number of methoxy groups -OCH3 is 2. The Kier molecular flexibility index (Phi) is 3.59. The van der Waals surface area contributed by atoms with Crippen LogP contribution in [0.4, 0.5) is 0 Å². The van der Waals surface area contributed by atoms with E-state index >= 15 is 0 Å². The van der Waals surface area contributed by atoms with E-state index in [-0.39, 0.29) is 5.69 Å². The molecule has 0 atom stereocenters. The van der Waals surface area contributed by atoms with Crippen LogP contribution in [0.3, 0.4) is 0 Å². The maximum atomic E-state index is 11.5. The number of rotatable bonds is 2. The van der Waals surface area contributed by atoms with Crippen molar-refractivity contribution in [3.05, 3.63) is 33.9 Å². The fourth-order valence-electron chi connectivity index (χ4n) is 1.61. The molecule has 1 heterocycles. The summed E-state index contributed by atoms with van der Waals surface area (Å²) in [6, 6.07) is 4.75. The third kappa shape index (κ3) is 2.09. The molecule has 2 aromatic rings. The van der Waals surface area contributed by atoms with E-state index in [4.69, 9.17) is 27.9 Å². The zero-order valence-corrected chi connectivity index (χ0v) is 11.2. The monoisotopic (exact) mass is 285 g/mol. The first-order valence-corrected chi connectivity index (χ1v) is 5.75. The van der Waals surface area contributed by atoms with Crippen molar-refractivity contribution in [1.82, 2.24) is 4.98 Å². The van der Waals surface area contributed by atoms with Crippen molar-refractivity contribution in [3.63, 3.8) is 0 Å². The molecule has 1 aromatic heterocycles. The summed E-state index contributed by atoms with van der Waals surface area (Å²) in [5.74, 6) is -0.0268. The minimum Gasteiger partial charge on any atom is -0.496 e. The van der Waals surface area contributed by atoms with Gasteiger partial charge in [0.1, 0.15) is 5.75 Å². The number of benzene rings is 1. The van der Waals surface area contributed by atoms with Gasteiger partial charge in [-0.05, 0) is 18.2 Å². The van der Waals surface area contributed by atoms with Gasteiger partial charge in [-0.1, -0.05) is 23.2 Å². The summed E-state index contributed by atoms with van der Waals surface area (Å²) in [5, 5.41) is 1.29. The van der Waals surface area contributed by atoms with Crippen LogP contribution in [0.15, 0.2) is 18.2 Å².